The van der Waals surface area contributed by atoms with Crippen LogP contribution >= 0.6 is 11.6 Å². The van der Waals surface area contributed by atoms with E-state index >= 15 is 0 Å². The largest absolute Gasteiger partial charge is 0.356 e. The Kier molecular flexibility index (Phi) is 3.41. The minimum Gasteiger partial charge on any atom is -0.356 e. The predicted molar refractivity (Wildman–Crippen MR) is 53.7 cm³/mol. The summed E-state index contributed by atoms with van der Waals surface area (Å²) in [4.78, 5) is 30.9. The van der Waals surface area contributed by atoms with Gasteiger partial charge in [-0.2, -0.15) is 0 Å². The van der Waals surface area contributed by atoms with E-state index in [0.29, 0.717) is 11.1 Å². The molecule has 0 saturated heterocycles. The summed E-state index contributed by atoms with van der Waals surface area (Å²) in [7, 11) is 0. The Balaban J connectivity index is 0.000000245. The number of nitrogens with two attached hydrogens (primary N) is 1. The Labute approximate surface area is 90.2 Å². The molecule has 0 spiro atoms. The van der Waals surface area contributed by atoms with Crippen molar-refractivity contribution in [3.8, 4) is 0 Å². The van der Waals surface area contributed by atoms with E-state index in [2.05, 4.69) is 22.7 Å². The van der Waals surface area contributed by atoms with E-state index in [1.54, 1.807) is 24.3 Å². The maximum absolute atomic E-state index is 10.9. The van der Waals surface area contributed by atoms with Gasteiger partial charge in [-0.25, -0.2) is 0 Å². The van der Waals surface area contributed by atoms with E-state index in [1.807, 2.05) is 0 Å². The molecule has 1 heterocycles. The Hall–Kier alpha value is -1.88. The lowest BCUT2D eigenvalue weighted by Crippen LogP contribution is -2.19. The molecule has 1 aliphatic rings. The first kappa shape index (κ1) is 11.2. The number of rotatable bonds is 0. The quantitative estimate of drug-likeness (QED) is 0.391. The van der Waals surface area contributed by atoms with E-state index in [4.69, 9.17) is 4.79 Å². The lowest BCUT2D eigenvalue weighted by molar-refractivity contribution is 0.0879. The number of primary amides is 1. The molecule has 0 aromatic heterocycles. The average molecular weight is 227 g/mol. The van der Waals surface area contributed by atoms with Crippen molar-refractivity contribution >= 4 is 28.8 Å². The fourth-order valence-corrected chi connectivity index (χ4v) is 1.12. The molecule has 0 saturated carbocycles. The van der Waals surface area contributed by atoms with Crippen molar-refractivity contribution < 1.29 is 14.4 Å². The van der Waals surface area contributed by atoms with Crippen LogP contribution < -0.4 is 11.1 Å². The molecule has 15 heavy (non-hydrogen) atoms. The average Bonchev–Trinajstić information content (AvgIpc) is 2.43. The second-order valence-electron chi connectivity index (χ2n) is 2.63. The smallest absolute Gasteiger partial charge is 0.311 e. The molecule has 0 bridgehead atoms. The molecular weight excluding hydrogens is 220 g/mol. The van der Waals surface area contributed by atoms with Gasteiger partial charge in [0.25, 0.3) is 11.8 Å². The molecule has 0 unspecified atom stereocenters. The lowest BCUT2D eigenvalue weighted by Gasteiger charge is -1.88. The number of benzene rings is 1. The van der Waals surface area contributed by atoms with Gasteiger partial charge in [0.05, 0.1) is 11.1 Å². The molecule has 0 aliphatic carbocycles. The van der Waals surface area contributed by atoms with Crippen molar-refractivity contribution in [2.24, 2.45) is 5.73 Å². The van der Waals surface area contributed by atoms with Gasteiger partial charge >= 0.3 is 5.37 Å². The molecule has 0 atom stereocenters. The lowest BCUT2D eigenvalue weighted by atomic mass is 10.1. The van der Waals surface area contributed by atoms with E-state index in [9.17, 15) is 9.59 Å². The number of amides is 3. The van der Waals surface area contributed by atoms with Crippen LogP contribution in [0.15, 0.2) is 24.3 Å². The maximum Gasteiger partial charge on any atom is 0.311 e. The molecule has 1 aliphatic heterocycles. The second-order valence-corrected chi connectivity index (χ2v) is 3.01. The molecule has 3 N–H and O–H groups in total. The first-order valence-corrected chi connectivity index (χ1v) is 4.30. The Morgan fingerprint density at radius 2 is 1.47 bits per heavy atom. The highest BCUT2D eigenvalue weighted by Gasteiger charge is 2.25. The van der Waals surface area contributed by atoms with Gasteiger partial charge in [0, 0.05) is 0 Å². The topological polar surface area (TPSA) is 89.3 Å². The summed E-state index contributed by atoms with van der Waals surface area (Å²) in [6.45, 7) is 0. The van der Waals surface area contributed by atoms with Gasteiger partial charge < -0.3 is 5.73 Å². The van der Waals surface area contributed by atoms with Gasteiger partial charge in [0.15, 0.2) is 0 Å². The zero-order valence-electron chi connectivity index (χ0n) is 7.49. The first-order chi connectivity index (χ1) is 7.02. The minimum absolute atomic E-state index is 0.300. The molecule has 0 radical (unpaired) electrons. The third-order valence-corrected chi connectivity index (χ3v) is 1.64. The molecular formula is C9H7ClN2O3. The van der Waals surface area contributed by atoms with E-state index in [-0.39, 0.29) is 11.8 Å². The Morgan fingerprint density at radius 1 is 1.13 bits per heavy atom. The zero-order valence-corrected chi connectivity index (χ0v) is 8.25. The SMILES string of the molecule is NC(=O)Cl.O=C1NC(=O)c2ccccc21. The fourth-order valence-electron chi connectivity index (χ4n) is 1.12. The molecule has 1 aromatic carbocycles. The van der Waals surface area contributed by atoms with Crippen LogP contribution in [0.25, 0.3) is 0 Å². The second kappa shape index (κ2) is 4.56. The number of imide groups is 1. The van der Waals surface area contributed by atoms with Gasteiger partial charge in [-0.05, 0) is 23.7 Å². The number of hydrogen-bond acceptors (Lipinski definition) is 3. The number of nitrogens with one attached hydrogen (secondary N) is 1. The van der Waals surface area contributed by atoms with Gasteiger partial charge in [-0.3, -0.25) is 19.7 Å². The highest BCUT2D eigenvalue weighted by Crippen LogP contribution is 2.13. The molecule has 2 rings (SSSR count). The standard InChI is InChI=1S/C8H5NO2.CH2ClNO/c10-7-5-3-1-2-4-6(5)8(11)9-7;2-1(3)4/h1-4H,(H,9,10,11);(H2,3,4). The Bertz CT molecular complexity index is 394. The van der Waals surface area contributed by atoms with Crippen molar-refractivity contribution in [1.82, 2.24) is 5.32 Å². The van der Waals surface area contributed by atoms with E-state index in [0.717, 1.165) is 0 Å². The summed E-state index contributed by atoms with van der Waals surface area (Å²) in [6.07, 6.45) is 0. The predicted octanol–water partition coefficient (Wildman–Crippen LogP) is 0.874. The zero-order chi connectivity index (χ0) is 11.4. The number of fused-ring (bicyclic) bond motifs is 1. The van der Waals surface area contributed by atoms with Crippen molar-refractivity contribution in [2.45, 2.75) is 0 Å². The van der Waals surface area contributed by atoms with Crippen molar-refractivity contribution in [1.29, 1.82) is 0 Å². The van der Waals surface area contributed by atoms with Crippen LogP contribution in [-0.2, 0) is 0 Å². The first-order valence-electron chi connectivity index (χ1n) is 3.92. The number of halogens is 1. The monoisotopic (exact) mass is 226 g/mol. The third-order valence-electron chi connectivity index (χ3n) is 1.64. The molecule has 6 heteroatoms. The molecule has 1 aromatic rings. The summed E-state index contributed by atoms with van der Waals surface area (Å²) in [6, 6.07) is 6.74. The Morgan fingerprint density at radius 3 is 1.80 bits per heavy atom. The molecule has 3 amide bonds. The van der Waals surface area contributed by atoms with Crippen LogP contribution in [0, 0.1) is 0 Å². The summed E-state index contributed by atoms with van der Waals surface area (Å²) in [5, 5.41) is 1.34. The van der Waals surface area contributed by atoms with Crippen LogP contribution in [0.4, 0.5) is 4.79 Å². The van der Waals surface area contributed by atoms with Crippen molar-refractivity contribution in [2.75, 3.05) is 0 Å². The van der Waals surface area contributed by atoms with Gasteiger partial charge in [0.1, 0.15) is 0 Å². The van der Waals surface area contributed by atoms with Crippen LogP contribution in [0.5, 0.6) is 0 Å². The number of carbonyl (C=O) groups excluding carboxylic acids is 3. The summed E-state index contributed by atoms with van der Waals surface area (Å²) in [5.74, 6) is -0.601. The summed E-state index contributed by atoms with van der Waals surface area (Å²) >= 11 is 4.41. The van der Waals surface area contributed by atoms with Crippen LogP contribution in [0.3, 0.4) is 0 Å². The highest BCUT2D eigenvalue weighted by molar-refractivity contribution is 6.62. The van der Waals surface area contributed by atoms with Crippen LogP contribution in [0.1, 0.15) is 20.7 Å². The van der Waals surface area contributed by atoms with Crippen LogP contribution in [0.2, 0.25) is 0 Å². The number of hydrogen-bond donors (Lipinski definition) is 2. The van der Waals surface area contributed by atoms with Crippen molar-refractivity contribution in [3.63, 3.8) is 0 Å². The van der Waals surface area contributed by atoms with Crippen molar-refractivity contribution in [3.05, 3.63) is 35.4 Å². The fraction of sp³-hybridized carbons (Fsp3) is 0. The van der Waals surface area contributed by atoms with Gasteiger partial charge in [0.2, 0.25) is 0 Å². The third kappa shape index (κ3) is 2.78. The van der Waals surface area contributed by atoms with E-state index < -0.39 is 5.37 Å². The minimum atomic E-state index is -0.861. The summed E-state index contributed by atoms with van der Waals surface area (Å²) in [5.41, 5.74) is 5.18. The molecule has 0 fully saturated rings. The molecule has 78 valence electrons. The summed E-state index contributed by atoms with van der Waals surface area (Å²) < 4.78 is 0. The molecule has 5 nitrogen and oxygen atoms in total. The van der Waals surface area contributed by atoms with Gasteiger partial charge in [-0.15, -0.1) is 0 Å². The van der Waals surface area contributed by atoms with Crippen LogP contribution in [-0.4, -0.2) is 17.2 Å². The highest BCUT2D eigenvalue weighted by atomic mass is 35.5. The number of carbonyl (C=O) groups is 3. The van der Waals surface area contributed by atoms with E-state index in [1.165, 1.54) is 0 Å². The maximum atomic E-state index is 10.9. The van der Waals surface area contributed by atoms with Gasteiger partial charge in [-0.1, -0.05) is 12.1 Å². The normalized spacial score (nSPS) is 12.3.